The fourth-order valence-corrected chi connectivity index (χ4v) is 8.64. The molecular formula is C37H58N10O13. The van der Waals surface area contributed by atoms with Crippen LogP contribution in [0.5, 0.6) is 0 Å². The minimum absolute atomic E-state index is 0.0953. The molecule has 11 N–H and O–H groups in total. The van der Waals surface area contributed by atoms with Gasteiger partial charge in [0, 0.05) is 45.6 Å². The van der Waals surface area contributed by atoms with E-state index in [1.165, 1.54) is 9.80 Å². The Bertz CT molecular complexity index is 1650. The van der Waals surface area contributed by atoms with Crippen molar-refractivity contribution in [3.8, 4) is 0 Å². The van der Waals surface area contributed by atoms with E-state index in [0.29, 0.717) is 45.2 Å². The number of likely N-dealkylation sites (tertiary alicyclic amines) is 4. The van der Waals surface area contributed by atoms with Crippen molar-refractivity contribution in [2.75, 3.05) is 58.9 Å². The predicted octanol–water partition coefficient (Wildman–Crippen LogP) is -6.34. The number of hydrogen-bond acceptors (Lipinski definition) is 14. The molecule has 0 radical (unpaired) electrons. The highest BCUT2D eigenvalue weighted by molar-refractivity contribution is 5.97. The van der Waals surface area contributed by atoms with E-state index in [9.17, 15) is 58.5 Å². The van der Waals surface area contributed by atoms with E-state index in [2.05, 4.69) is 26.6 Å². The van der Waals surface area contributed by atoms with Crippen LogP contribution in [0.1, 0.15) is 64.2 Å². The minimum Gasteiger partial charge on any atom is -0.480 e. The van der Waals surface area contributed by atoms with Gasteiger partial charge in [-0.2, -0.15) is 0 Å². The monoisotopic (exact) mass is 850 g/mol. The first-order valence-corrected chi connectivity index (χ1v) is 20.6. The second kappa shape index (κ2) is 21.0. The van der Waals surface area contributed by atoms with E-state index in [4.69, 9.17) is 10.8 Å². The van der Waals surface area contributed by atoms with Gasteiger partial charge in [0.25, 0.3) is 0 Å². The Balaban J connectivity index is 1.16. The van der Waals surface area contributed by atoms with Crippen LogP contribution in [0, 0.1) is 0 Å². The Kier molecular flexibility index (Phi) is 16.1. The third kappa shape index (κ3) is 11.4. The number of amides is 8. The number of nitrogens with zero attached hydrogens (tertiary/aromatic N) is 4. The maximum atomic E-state index is 13.7. The van der Waals surface area contributed by atoms with Crippen LogP contribution in [0.15, 0.2) is 0 Å². The van der Waals surface area contributed by atoms with Crippen molar-refractivity contribution in [1.29, 1.82) is 0 Å². The highest BCUT2D eigenvalue weighted by atomic mass is 16.4. The molecule has 5 aliphatic rings. The summed E-state index contributed by atoms with van der Waals surface area (Å²) in [5.41, 5.74) is 5.65. The fraction of sp³-hybridized carbons (Fsp3) is 0.757. The second-order valence-electron chi connectivity index (χ2n) is 16.0. The van der Waals surface area contributed by atoms with E-state index in [1.54, 1.807) is 0 Å². The lowest BCUT2D eigenvalue weighted by molar-refractivity contribution is -0.147. The van der Waals surface area contributed by atoms with Crippen LogP contribution in [0.3, 0.4) is 0 Å². The van der Waals surface area contributed by atoms with E-state index in [-0.39, 0.29) is 64.2 Å². The molecule has 0 aliphatic carbocycles. The number of aliphatic carboxylic acids is 1. The summed E-state index contributed by atoms with van der Waals surface area (Å²) in [6, 6.07) is -5.95. The van der Waals surface area contributed by atoms with Crippen LogP contribution in [-0.2, 0) is 43.2 Å². The molecule has 8 amide bonds. The van der Waals surface area contributed by atoms with E-state index < -0.39 is 122 Å². The average molecular weight is 851 g/mol. The molecule has 334 valence electrons. The zero-order valence-electron chi connectivity index (χ0n) is 33.5. The molecule has 0 spiro atoms. The Morgan fingerprint density at radius 3 is 1.75 bits per heavy atom. The molecule has 5 rings (SSSR count). The van der Waals surface area contributed by atoms with Crippen LogP contribution in [-0.4, -0.2) is 207 Å². The van der Waals surface area contributed by atoms with Gasteiger partial charge in [-0.25, -0.2) is 0 Å². The Labute approximate surface area is 346 Å². The Hall–Kier alpha value is -4.97. The molecule has 5 heterocycles. The number of carboxylic acid groups (broad SMARTS) is 1. The van der Waals surface area contributed by atoms with Crippen LogP contribution >= 0.6 is 0 Å². The Morgan fingerprint density at radius 1 is 0.633 bits per heavy atom. The summed E-state index contributed by atoms with van der Waals surface area (Å²) in [5.74, 6) is -6.28. The van der Waals surface area contributed by atoms with Crippen LogP contribution in [0.2, 0.25) is 0 Å². The van der Waals surface area contributed by atoms with Crippen molar-refractivity contribution >= 4 is 53.2 Å². The van der Waals surface area contributed by atoms with Crippen molar-refractivity contribution in [3.63, 3.8) is 0 Å². The first-order chi connectivity index (χ1) is 28.6. The maximum Gasteiger partial charge on any atom is 0.322 e. The minimum atomic E-state index is -1.26. The molecule has 0 aromatic rings. The van der Waals surface area contributed by atoms with Gasteiger partial charge >= 0.3 is 5.97 Å². The van der Waals surface area contributed by atoms with Crippen LogP contribution in [0.4, 0.5) is 0 Å². The summed E-state index contributed by atoms with van der Waals surface area (Å²) >= 11 is 0. The molecule has 0 aromatic carbocycles. The van der Waals surface area contributed by atoms with E-state index in [0.717, 1.165) is 9.80 Å². The number of hydrogen-bond donors (Lipinski definition) is 10. The summed E-state index contributed by atoms with van der Waals surface area (Å²) in [7, 11) is 0. The third-order valence-corrected chi connectivity index (χ3v) is 11.7. The number of nitrogens with one attached hydrogen (secondary N) is 5. The smallest absolute Gasteiger partial charge is 0.322 e. The van der Waals surface area contributed by atoms with Gasteiger partial charge < -0.3 is 72.3 Å². The normalized spacial score (nSPS) is 28.1. The number of carboxylic acids is 1. The molecule has 23 heteroatoms. The van der Waals surface area contributed by atoms with Gasteiger partial charge in [-0.05, 0) is 57.9 Å². The molecule has 23 nitrogen and oxygen atoms in total. The highest BCUT2D eigenvalue weighted by Crippen LogP contribution is 2.26. The summed E-state index contributed by atoms with van der Waals surface area (Å²) < 4.78 is 0. The number of nitrogens with two attached hydrogens (primary N) is 1. The molecule has 60 heavy (non-hydrogen) atoms. The van der Waals surface area contributed by atoms with Gasteiger partial charge in [0.15, 0.2) is 0 Å². The molecule has 0 unspecified atom stereocenters. The molecule has 0 aromatic heterocycles. The number of carbonyl (C=O) groups excluding carboxylic acids is 8. The summed E-state index contributed by atoms with van der Waals surface area (Å²) in [6.07, 6.45) is -0.177. The average Bonchev–Trinajstić information content (AvgIpc) is 4.07. The number of aliphatic hydroxyl groups excluding tert-OH is 3. The predicted molar refractivity (Wildman–Crippen MR) is 206 cm³/mol. The van der Waals surface area contributed by atoms with Crippen molar-refractivity contribution in [2.45, 2.75) is 119 Å². The number of unbranched alkanes of at least 4 members (excludes halogenated alkanes) is 1. The molecule has 5 aliphatic heterocycles. The number of β-amino-alcohol motifs (C(OH)–C–C–N with tert-alkyl or cyclic N) is 3. The zero-order valence-corrected chi connectivity index (χ0v) is 33.5. The molecule has 0 saturated carbocycles. The first kappa shape index (κ1) is 46.1. The van der Waals surface area contributed by atoms with Gasteiger partial charge in [-0.1, -0.05) is 0 Å². The molecule has 5 fully saturated rings. The van der Waals surface area contributed by atoms with Crippen molar-refractivity contribution in [3.05, 3.63) is 0 Å². The van der Waals surface area contributed by atoms with Gasteiger partial charge in [0.2, 0.25) is 47.3 Å². The highest BCUT2D eigenvalue weighted by Gasteiger charge is 2.46. The van der Waals surface area contributed by atoms with Gasteiger partial charge in [-0.3, -0.25) is 43.2 Å². The Morgan fingerprint density at radius 2 is 1.18 bits per heavy atom. The van der Waals surface area contributed by atoms with Crippen LogP contribution < -0.4 is 32.3 Å². The topological polar surface area (TPSA) is 334 Å². The standard InChI is InChI=1S/C37H58N10O13/c38-8-2-1-5-23(32(55)40-15-30(52)47-19-22(50)13-28(47)37(60)45-10-4-7-26(45)34(57)42-17-31(53)54)43-35(58)27-12-21(49)18-46(27)29(51)16-41-33(56)25-6-3-9-44(25)36(59)24-11-20(48)14-39-24/h20-28,39,48-50H,1-19,38H2,(H,40,55)(H,41,56)(H,42,57)(H,43,58)(H,53,54)/t20-,21-,22-,23+,24+,25+,26+,27+,28+/m1/s1. The lowest BCUT2D eigenvalue weighted by atomic mass is 10.1. The molecule has 0 bridgehead atoms. The van der Waals surface area contributed by atoms with Crippen molar-refractivity contribution < 1.29 is 63.6 Å². The summed E-state index contributed by atoms with van der Waals surface area (Å²) in [6.45, 7) is -1.13. The third-order valence-electron chi connectivity index (χ3n) is 11.7. The SMILES string of the molecule is NCCCC[C@H](NC(=O)[C@@H]1C[C@@H](O)CN1C(=O)CNC(=O)[C@@H]1CCCN1C(=O)[C@@H]1C[C@@H](O)CN1)C(=O)NCC(=O)N1C[C@H](O)C[C@H]1C(=O)N1CCC[C@H]1C(=O)NCC(=O)O. The van der Waals surface area contributed by atoms with Gasteiger partial charge in [-0.15, -0.1) is 0 Å². The van der Waals surface area contributed by atoms with Crippen molar-refractivity contribution in [1.82, 2.24) is 46.2 Å². The largest absolute Gasteiger partial charge is 0.480 e. The second-order valence-corrected chi connectivity index (χ2v) is 16.0. The van der Waals surface area contributed by atoms with Gasteiger partial charge in [0.05, 0.1) is 37.4 Å². The quantitative estimate of drug-likeness (QED) is 0.0609. The molecular weight excluding hydrogens is 792 g/mol. The lowest BCUT2D eigenvalue weighted by Gasteiger charge is -2.31. The number of rotatable bonds is 17. The maximum absolute atomic E-state index is 13.7. The number of aliphatic hydroxyl groups is 3. The zero-order chi connectivity index (χ0) is 43.7. The fourth-order valence-electron chi connectivity index (χ4n) is 8.64. The van der Waals surface area contributed by atoms with Crippen LogP contribution in [0.25, 0.3) is 0 Å². The lowest BCUT2D eigenvalue weighted by Crippen LogP contribution is -2.56. The van der Waals surface area contributed by atoms with Gasteiger partial charge in [0.1, 0.15) is 36.8 Å². The molecule has 5 saturated heterocycles. The summed E-state index contributed by atoms with van der Waals surface area (Å²) in [4.78, 5) is 122. The number of carbonyl (C=O) groups is 9. The van der Waals surface area contributed by atoms with E-state index >= 15 is 0 Å². The van der Waals surface area contributed by atoms with E-state index in [1.807, 2.05) is 0 Å². The summed E-state index contributed by atoms with van der Waals surface area (Å²) in [5, 5.41) is 52.6. The molecule has 9 atom stereocenters. The first-order valence-electron chi connectivity index (χ1n) is 20.6. The van der Waals surface area contributed by atoms with Crippen molar-refractivity contribution in [2.24, 2.45) is 5.73 Å².